The fourth-order valence-corrected chi connectivity index (χ4v) is 1.87. The van der Waals surface area contributed by atoms with Crippen LogP contribution in [0.15, 0.2) is 18.2 Å². The molecule has 1 aliphatic rings. The van der Waals surface area contributed by atoms with E-state index in [1.807, 2.05) is 25.1 Å². The standard InChI is InChI=1S/C13H16ClNO2/c1-9-2-3-10(6-12(9)14)4-5-13(16)15-11-7-17-8-11/h2-3,6,11H,4-5,7-8H2,1H3,(H,15,16). The molecule has 2 rings (SSSR count). The molecular weight excluding hydrogens is 238 g/mol. The predicted molar refractivity (Wildman–Crippen MR) is 67.3 cm³/mol. The number of rotatable bonds is 4. The van der Waals surface area contributed by atoms with Gasteiger partial charge in [-0.25, -0.2) is 0 Å². The third-order valence-electron chi connectivity index (χ3n) is 2.88. The molecule has 17 heavy (non-hydrogen) atoms. The molecule has 1 aromatic carbocycles. The van der Waals surface area contributed by atoms with Gasteiger partial charge in [0.2, 0.25) is 5.91 Å². The van der Waals surface area contributed by atoms with Gasteiger partial charge in [0.25, 0.3) is 0 Å². The van der Waals surface area contributed by atoms with Crippen molar-refractivity contribution in [1.29, 1.82) is 0 Å². The van der Waals surface area contributed by atoms with E-state index < -0.39 is 0 Å². The molecular formula is C13H16ClNO2. The molecule has 1 aliphatic heterocycles. The first-order valence-corrected chi connectivity index (χ1v) is 6.15. The topological polar surface area (TPSA) is 38.3 Å². The average molecular weight is 254 g/mol. The second kappa shape index (κ2) is 5.52. The Labute approximate surface area is 106 Å². The summed E-state index contributed by atoms with van der Waals surface area (Å²) in [5.41, 5.74) is 2.16. The van der Waals surface area contributed by atoms with Crippen LogP contribution in [0.25, 0.3) is 0 Å². The van der Waals surface area contributed by atoms with Crippen LogP contribution in [0.5, 0.6) is 0 Å². The van der Waals surface area contributed by atoms with Gasteiger partial charge >= 0.3 is 0 Å². The summed E-state index contributed by atoms with van der Waals surface area (Å²) in [5.74, 6) is 0.0787. The first kappa shape index (κ1) is 12.4. The summed E-state index contributed by atoms with van der Waals surface area (Å²) in [4.78, 5) is 11.6. The van der Waals surface area contributed by atoms with E-state index in [0.717, 1.165) is 22.6 Å². The zero-order chi connectivity index (χ0) is 12.3. The number of halogens is 1. The van der Waals surface area contributed by atoms with Crippen LogP contribution in [-0.2, 0) is 16.0 Å². The van der Waals surface area contributed by atoms with Gasteiger partial charge in [-0.05, 0) is 30.5 Å². The zero-order valence-electron chi connectivity index (χ0n) is 9.83. The number of ether oxygens (including phenoxy) is 1. The van der Waals surface area contributed by atoms with Gasteiger partial charge in [0.05, 0.1) is 19.3 Å². The minimum Gasteiger partial charge on any atom is -0.377 e. The Morgan fingerprint density at radius 2 is 2.29 bits per heavy atom. The van der Waals surface area contributed by atoms with Crippen LogP contribution >= 0.6 is 11.6 Å². The molecule has 0 spiro atoms. The largest absolute Gasteiger partial charge is 0.377 e. The summed E-state index contributed by atoms with van der Waals surface area (Å²) in [6, 6.07) is 6.14. The van der Waals surface area contributed by atoms with Crippen molar-refractivity contribution in [3.63, 3.8) is 0 Å². The Bertz CT molecular complexity index is 416. The normalized spacial score (nSPS) is 15.4. The number of nitrogens with one attached hydrogen (secondary N) is 1. The first-order valence-electron chi connectivity index (χ1n) is 5.77. The number of hydrogen-bond acceptors (Lipinski definition) is 2. The van der Waals surface area contributed by atoms with Crippen LogP contribution in [0.1, 0.15) is 17.5 Å². The molecule has 1 heterocycles. The van der Waals surface area contributed by atoms with E-state index in [-0.39, 0.29) is 11.9 Å². The lowest BCUT2D eigenvalue weighted by Gasteiger charge is -2.26. The second-order valence-electron chi connectivity index (χ2n) is 4.39. The van der Waals surface area contributed by atoms with Gasteiger partial charge in [-0.1, -0.05) is 23.7 Å². The number of carbonyl (C=O) groups excluding carboxylic acids is 1. The molecule has 0 bridgehead atoms. The fourth-order valence-electron chi connectivity index (χ4n) is 1.67. The van der Waals surface area contributed by atoms with Crippen molar-refractivity contribution in [2.24, 2.45) is 0 Å². The summed E-state index contributed by atoms with van der Waals surface area (Å²) >= 11 is 6.03. The van der Waals surface area contributed by atoms with Gasteiger partial charge in [-0.2, -0.15) is 0 Å². The third-order valence-corrected chi connectivity index (χ3v) is 3.29. The second-order valence-corrected chi connectivity index (χ2v) is 4.79. The molecule has 4 heteroatoms. The molecule has 0 atom stereocenters. The minimum absolute atomic E-state index is 0.0787. The van der Waals surface area contributed by atoms with Crippen molar-refractivity contribution >= 4 is 17.5 Å². The van der Waals surface area contributed by atoms with Crippen LogP contribution in [0, 0.1) is 6.92 Å². The minimum atomic E-state index is 0.0787. The highest BCUT2D eigenvalue weighted by Gasteiger charge is 2.19. The Morgan fingerprint density at radius 1 is 1.53 bits per heavy atom. The van der Waals surface area contributed by atoms with Crippen LogP contribution in [0.3, 0.4) is 0 Å². The maximum Gasteiger partial charge on any atom is 0.220 e. The van der Waals surface area contributed by atoms with Gasteiger partial charge in [-0.3, -0.25) is 4.79 Å². The van der Waals surface area contributed by atoms with Crippen molar-refractivity contribution in [3.05, 3.63) is 34.3 Å². The van der Waals surface area contributed by atoms with Gasteiger partial charge in [0.15, 0.2) is 0 Å². The van der Waals surface area contributed by atoms with E-state index in [0.29, 0.717) is 19.6 Å². The highest BCUT2D eigenvalue weighted by molar-refractivity contribution is 6.31. The molecule has 1 saturated heterocycles. The Hall–Kier alpha value is -1.06. The maximum absolute atomic E-state index is 11.6. The molecule has 1 amide bonds. The SMILES string of the molecule is Cc1ccc(CCC(=O)NC2COC2)cc1Cl. The summed E-state index contributed by atoms with van der Waals surface area (Å²) < 4.78 is 5.00. The Balaban J connectivity index is 1.80. The Morgan fingerprint density at radius 3 is 2.88 bits per heavy atom. The van der Waals surface area contributed by atoms with E-state index in [1.54, 1.807) is 0 Å². The molecule has 0 aliphatic carbocycles. The van der Waals surface area contributed by atoms with Crippen molar-refractivity contribution in [1.82, 2.24) is 5.32 Å². The molecule has 0 radical (unpaired) electrons. The van der Waals surface area contributed by atoms with E-state index in [2.05, 4.69) is 5.32 Å². The molecule has 0 saturated carbocycles. The average Bonchev–Trinajstić information content (AvgIpc) is 2.25. The number of aryl methyl sites for hydroxylation is 2. The van der Waals surface area contributed by atoms with Crippen molar-refractivity contribution in [3.8, 4) is 0 Å². The highest BCUT2D eigenvalue weighted by Crippen LogP contribution is 2.17. The van der Waals surface area contributed by atoms with Gasteiger partial charge in [-0.15, -0.1) is 0 Å². The van der Waals surface area contributed by atoms with Gasteiger partial charge in [0.1, 0.15) is 0 Å². The van der Waals surface area contributed by atoms with E-state index >= 15 is 0 Å². The Kier molecular flexibility index (Phi) is 4.02. The van der Waals surface area contributed by atoms with Crippen molar-refractivity contribution in [2.45, 2.75) is 25.8 Å². The van der Waals surface area contributed by atoms with Crippen molar-refractivity contribution < 1.29 is 9.53 Å². The quantitative estimate of drug-likeness (QED) is 0.893. The summed E-state index contributed by atoms with van der Waals surface area (Å²) in [6.07, 6.45) is 1.22. The lowest BCUT2D eigenvalue weighted by molar-refractivity contribution is -0.125. The molecule has 0 aromatic heterocycles. The monoisotopic (exact) mass is 253 g/mol. The molecule has 92 valence electrons. The van der Waals surface area contributed by atoms with Gasteiger partial charge < -0.3 is 10.1 Å². The van der Waals surface area contributed by atoms with Crippen LogP contribution in [-0.4, -0.2) is 25.2 Å². The summed E-state index contributed by atoms with van der Waals surface area (Å²) in [6.45, 7) is 3.25. The smallest absolute Gasteiger partial charge is 0.220 e. The molecule has 3 nitrogen and oxygen atoms in total. The van der Waals surface area contributed by atoms with Gasteiger partial charge in [0, 0.05) is 11.4 Å². The maximum atomic E-state index is 11.6. The van der Waals surface area contributed by atoms with E-state index in [4.69, 9.17) is 16.3 Å². The number of carbonyl (C=O) groups is 1. The van der Waals surface area contributed by atoms with Crippen molar-refractivity contribution in [2.75, 3.05) is 13.2 Å². The van der Waals surface area contributed by atoms with E-state index in [9.17, 15) is 4.79 Å². The van der Waals surface area contributed by atoms with Crippen LogP contribution in [0.4, 0.5) is 0 Å². The molecule has 1 N–H and O–H groups in total. The summed E-state index contributed by atoms with van der Waals surface area (Å²) in [5, 5.41) is 3.68. The summed E-state index contributed by atoms with van der Waals surface area (Å²) in [7, 11) is 0. The molecule has 1 aromatic rings. The first-order chi connectivity index (χ1) is 8.15. The number of benzene rings is 1. The lowest BCUT2D eigenvalue weighted by atomic mass is 10.1. The molecule has 0 unspecified atom stereocenters. The van der Waals surface area contributed by atoms with Crippen LogP contribution < -0.4 is 5.32 Å². The molecule has 1 fully saturated rings. The predicted octanol–water partition coefficient (Wildman–Crippen LogP) is 2.10. The third kappa shape index (κ3) is 3.45. The highest BCUT2D eigenvalue weighted by atomic mass is 35.5. The zero-order valence-corrected chi connectivity index (χ0v) is 10.6. The van der Waals surface area contributed by atoms with Crippen LogP contribution in [0.2, 0.25) is 5.02 Å². The number of hydrogen-bond donors (Lipinski definition) is 1. The lowest BCUT2D eigenvalue weighted by Crippen LogP contribution is -2.48. The number of amides is 1. The fraction of sp³-hybridized carbons (Fsp3) is 0.462. The van der Waals surface area contributed by atoms with E-state index in [1.165, 1.54) is 0 Å².